The number of unbranched alkanes of at least 4 members (excludes halogenated alkanes) is 36. The maximum Gasteiger partial charge on any atom is 0.306 e. The van der Waals surface area contributed by atoms with Gasteiger partial charge in [-0.2, -0.15) is 0 Å². The van der Waals surface area contributed by atoms with Crippen LogP contribution in [0.25, 0.3) is 0 Å². The van der Waals surface area contributed by atoms with Crippen LogP contribution in [-0.2, 0) is 28.6 Å². The van der Waals surface area contributed by atoms with E-state index in [0.29, 0.717) is 19.3 Å². The summed E-state index contributed by atoms with van der Waals surface area (Å²) in [6, 6.07) is 0. The smallest absolute Gasteiger partial charge is 0.306 e. The Morgan fingerprint density at radius 2 is 0.528 bits per heavy atom. The van der Waals surface area contributed by atoms with Crippen LogP contribution in [0.5, 0.6) is 0 Å². The minimum absolute atomic E-state index is 0.0763. The Bertz CT molecular complexity index is 1290. The van der Waals surface area contributed by atoms with Crippen molar-refractivity contribution in [1.82, 2.24) is 0 Å². The molecular weight excluding hydrogens is 889 g/mol. The van der Waals surface area contributed by atoms with E-state index >= 15 is 0 Å². The zero-order valence-corrected chi connectivity index (χ0v) is 47.9. The lowest BCUT2D eigenvalue weighted by Gasteiger charge is -2.18. The van der Waals surface area contributed by atoms with Gasteiger partial charge >= 0.3 is 17.9 Å². The van der Waals surface area contributed by atoms with Crippen molar-refractivity contribution in [1.29, 1.82) is 0 Å². The topological polar surface area (TPSA) is 78.9 Å². The summed E-state index contributed by atoms with van der Waals surface area (Å²) in [6.45, 7) is 6.55. The van der Waals surface area contributed by atoms with Crippen LogP contribution in [-0.4, -0.2) is 37.2 Å². The van der Waals surface area contributed by atoms with Gasteiger partial charge in [0.25, 0.3) is 0 Å². The Labute approximate surface area is 447 Å². The molecule has 1 unspecified atom stereocenters. The number of hydrogen-bond acceptors (Lipinski definition) is 6. The molecule has 418 valence electrons. The van der Waals surface area contributed by atoms with Gasteiger partial charge in [-0.1, -0.05) is 281 Å². The van der Waals surface area contributed by atoms with E-state index in [4.69, 9.17) is 14.2 Å². The molecule has 0 N–H and O–H groups in total. The molecule has 6 heteroatoms. The molecule has 0 aliphatic rings. The molecule has 0 spiro atoms. The normalized spacial score (nSPS) is 12.4. The summed E-state index contributed by atoms with van der Waals surface area (Å²) < 4.78 is 16.8. The lowest BCUT2D eigenvalue weighted by molar-refractivity contribution is -0.167. The first-order valence-electron chi connectivity index (χ1n) is 31.3. The van der Waals surface area contributed by atoms with Crippen molar-refractivity contribution in [3.05, 3.63) is 60.8 Å². The highest BCUT2D eigenvalue weighted by Gasteiger charge is 2.19. The molecule has 0 aromatic carbocycles. The molecule has 0 saturated carbocycles. The lowest BCUT2D eigenvalue weighted by atomic mass is 10.0. The van der Waals surface area contributed by atoms with E-state index in [9.17, 15) is 14.4 Å². The third-order valence-electron chi connectivity index (χ3n) is 13.7. The molecule has 0 fully saturated rings. The zero-order valence-electron chi connectivity index (χ0n) is 47.9. The standard InChI is InChI=1S/C66H118O6/c1-4-7-10-13-16-19-21-23-24-25-26-27-28-29-30-31-32-33-34-35-36-37-38-39-40-41-42-44-45-47-50-53-56-59-65(68)71-62-63(61-70-64(67)58-55-52-49-18-15-12-9-6-3)72-66(69)60-57-54-51-48-46-43-22-20-17-14-11-8-5-2/h11,14,20-23,25-26,28-29,63H,4-10,12-13,15-19,24,27,30-62H2,1-3H3/b14-11-,22-20-,23-21-,26-25-,29-28-. The van der Waals surface area contributed by atoms with E-state index in [1.54, 1.807) is 0 Å². The molecule has 0 heterocycles. The second-order valence-electron chi connectivity index (χ2n) is 21.0. The number of carbonyl (C=O) groups is 3. The summed E-state index contributed by atoms with van der Waals surface area (Å²) in [6.07, 6.45) is 76.9. The minimum Gasteiger partial charge on any atom is -0.462 e. The first-order chi connectivity index (χ1) is 35.5. The van der Waals surface area contributed by atoms with Gasteiger partial charge in [-0.25, -0.2) is 0 Å². The Balaban J connectivity index is 3.99. The van der Waals surface area contributed by atoms with Gasteiger partial charge in [-0.05, 0) is 83.5 Å². The van der Waals surface area contributed by atoms with E-state index in [2.05, 4.69) is 81.5 Å². The van der Waals surface area contributed by atoms with Crippen LogP contribution < -0.4 is 0 Å². The van der Waals surface area contributed by atoms with Crippen molar-refractivity contribution >= 4 is 17.9 Å². The third kappa shape index (κ3) is 58.0. The highest BCUT2D eigenvalue weighted by atomic mass is 16.6. The van der Waals surface area contributed by atoms with Crippen LogP contribution in [0.2, 0.25) is 0 Å². The SMILES string of the molecule is CCC/C=C\C/C=C\CCCCCCCC(=O)OC(COC(=O)CCCCCCCCCC)COC(=O)CCCCCCCCCCCCCCCCCCCC/C=C\C/C=C\C/C=C\CCCCCCC. The average Bonchev–Trinajstić information content (AvgIpc) is 3.38. The van der Waals surface area contributed by atoms with Gasteiger partial charge in [0.05, 0.1) is 0 Å². The molecular formula is C66H118O6. The Hall–Kier alpha value is -2.89. The van der Waals surface area contributed by atoms with Crippen molar-refractivity contribution < 1.29 is 28.6 Å². The molecule has 1 atom stereocenters. The van der Waals surface area contributed by atoms with Crippen LogP contribution >= 0.6 is 0 Å². The maximum atomic E-state index is 12.8. The van der Waals surface area contributed by atoms with Gasteiger partial charge in [0, 0.05) is 19.3 Å². The van der Waals surface area contributed by atoms with Crippen molar-refractivity contribution in [2.45, 2.75) is 329 Å². The number of esters is 3. The van der Waals surface area contributed by atoms with Gasteiger partial charge in [-0.3, -0.25) is 14.4 Å². The van der Waals surface area contributed by atoms with E-state index in [-0.39, 0.29) is 31.1 Å². The summed E-state index contributed by atoms with van der Waals surface area (Å²) in [5.74, 6) is -0.883. The summed E-state index contributed by atoms with van der Waals surface area (Å²) >= 11 is 0. The lowest BCUT2D eigenvalue weighted by Crippen LogP contribution is -2.30. The molecule has 0 aromatic rings. The number of carbonyl (C=O) groups excluding carboxylic acids is 3. The molecule has 0 amide bonds. The third-order valence-corrected chi connectivity index (χ3v) is 13.7. The fourth-order valence-electron chi connectivity index (χ4n) is 9.02. The van der Waals surface area contributed by atoms with E-state index in [1.807, 2.05) is 0 Å². The number of hydrogen-bond donors (Lipinski definition) is 0. The van der Waals surface area contributed by atoms with Crippen LogP contribution in [0.4, 0.5) is 0 Å². The number of rotatable bonds is 57. The van der Waals surface area contributed by atoms with Gasteiger partial charge in [-0.15, -0.1) is 0 Å². The highest BCUT2D eigenvalue weighted by molar-refractivity contribution is 5.71. The monoisotopic (exact) mass is 1010 g/mol. The largest absolute Gasteiger partial charge is 0.462 e. The predicted molar refractivity (Wildman–Crippen MR) is 312 cm³/mol. The molecule has 0 aliphatic heterocycles. The summed E-state index contributed by atoms with van der Waals surface area (Å²) in [4.78, 5) is 38.0. The Morgan fingerprint density at radius 3 is 0.833 bits per heavy atom. The van der Waals surface area contributed by atoms with Gasteiger partial charge in [0.1, 0.15) is 13.2 Å². The average molecular weight is 1010 g/mol. The molecule has 72 heavy (non-hydrogen) atoms. The van der Waals surface area contributed by atoms with Crippen molar-refractivity contribution in [3.8, 4) is 0 Å². The van der Waals surface area contributed by atoms with Gasteiger partial charge in [0.2, 0.25) is 0 Å². The van der Waals surface area contributed by atoms with Gasteiger partial charge in [0.15, 0.2) is 6.10 Å². The summed E-state index contributed by atoms with van der Waals surface area (Å²) in [7, 11) is 0. The number of allylic oxidation sites excluding steroid dienone is 10. The number of ether oxygens (including phenoxy) is 3. The Morgan fingerprint density at radius 1 is 0.278 bits per heavy atom. The molecule has 0 radical (unpaired) electrons. The molecule has 0 bridgehead atoms. The maximum absolute atomic E-state index is 12.8. The van der Waals surface area contributed by atoms with Gasteiger partial charge < -0.3 is 14.2 Å². The van der Waals surface area contributed by atoms with E-state index < -0.39 is 6.10 Å². The molecule has 0 rings (SSSR count). The highest BCUT2D eigenvalue weighted by Crippen LogP contribution is 2.17. The van der Waals surface area contributed by atoms with Crippen LogP contribution in [0, 0.1) is 0 Å². The first-order valence-corrected chi connectivity index (χ1v) is 31.3. The Kier molecular flexibility index (Phi) is 58.2. The van der Waals surface area contributed by atoms with Crippen molar-refractivity contribution in [2.24, 2.45) is 0 Å². The van der Waals surface area contributed by atoms with Crippen LogP contribution in [0.15, 0.2) is 60.8 Å². The second-order valence-corrected chi connectivity index (χ2v) is 21.0. The zero-order chi connectivity index (χ0) is 52.2. The second kappa shape index (κ2) is 60.7. The van der Waals surface area contributed by atoms with E-state index in [0.717, 1.165) is 103 Å². The van der Waals surface area contributed by atoms with Crippen LogP contribution in [0.3, 0.4) is 0 Å². The molecule has 0 aliphatic carbocycles. The van der Waals surface area contributed by atoms with E-state index in [1.165, 1.54) is 180 Å². The molecule has 0 aromatic heterocycles. The summed E-state index contributed by atoms with van der Waals surface area (Å²) in [5, 5.41) is 0. The predicted octanol–water partition coefficient (Wildman–Crippen LogP) is 21.2. The molecule has 6 nitrogen and oxygen atoms in total. The van der Waals surface area contributed by atoms with Crippen LogP contribution in [0.1, 0.15) is 323 Å². The first kappa shape index (κ1) is 69.1. The van der Waals surface area contributed by atoms with Crippen molar-refractivity contribution in [3.63, 3.8) is 0 Å². The molecule has 0 saturated heterocycles. The minimum atomic E-state index is -0.776. The fraction of sp³-hybridized carbons (Fsp3) is 0.803. The fourth-order valence-corrected chi connectivity index (χ4v) is 9.02. The summed E-state index contributed by atoms with van der Waals surface area (Å²) in [5.41, 5.74) is 0. The quantitative estimate of drug-likeness (QED) is 0.0261. The van der Waals surface area contributed by atoms with Crippen molar-refractivity contribution in [2.75, 3.05) is 13.2 Å².